The van der Waals surface area contributed by atoms with Crippen LogP contribution in [0.2, 0.25) is 0 Å². The van der Waals surface area contributed by atoms with Gasteiger partial charge >= 0.3 is 0 Å². The van der Waals surface area contributed by atoms with Crippen molar-refractivity contribution >= 4 is 0 Å². The van der Waals surface area contributed by atoms with E-state index in [2.05, 4.69) is 32.6 Å². The van der Waals surface area contributed by atoms with E-state index in [0.717, 1.165) is 12.8 Å². The summed E-state index contributed by atoms with van der Waals surface area (Å²) in [6, 6.07) is 0.571. The molecule has 2 radical (unpaired) electrons. The number of hydrogen-bond acceptors (Lipinski definition) is 1. The van der Waals surface area contributed by atoms with Gasteiger partial charge in [-0.1, -0.05) is 27.2 Å². The molecule has 0 saturated carbocycles. The summed E-state index contributed by atoms with van der Waals surface area (Å²) >= 11 is 0. The molecule has 0 unspecified atom stereocenters. The highest BCUT2D eigenvalue weighted by atomic mass is 14.9. The highest BCUT2D eigenvalue weighted by Gasteiger charge is 1.88. The summed E-state index contributed by atoms with van der Waals surface area (Å²) in [6.07, 6.45) is 2.05. The van der Waals surface area contributed by atoms with Crippen molar-refractivity contribution in [3.05, 3.63) is 13.5 Å². The maximum atomic E-state index is 3.71. The van der Waals surface area contributed by atoms with Crippen molar-refractivity contribution in [2.24, 2.45) is 0 Å². The minimum absolute atomic E-state index is 0.571. The first-order chi connectivity index (χ1) is 3.77. The van der Waals surface area contributed by atoms with E-state index in [4.69, 9.17) is 0 Å². The van der Waals surface area contributed by atoms with E-state index in [-0.39, 0.29) is 0 Å². The second-order valence-corrected chi connectivity index (χ2v) is 2.17. The molecule has 0 amide bonds. The Labute approximate surface area is 52.5 Å². The largest absolute Gasteiger partial charge is 0.310 e. The summed E-state index contributed by atoms with van der Waals surface area (Å²) in [4.78, 5) is 0. The normalized spacial score (nSPS) is 10.5. The van der Waals surface area contributed by atoms with E-state index in [1.165, 1.54) is 0 Å². The van der Waals surface area contributed by atoms with Crippen LogP contribution in [-0.2, 0) is 0 Å². The number of nitrogens with one attached hydrogen (secondary N) is 1. The average Bonchev–Trinajstić information content (AvgIpc) is 1.66. The predicted molar refractivity (Wildman–Crippen MR) is 37.2 cm³/mol. The van der Waals surface area contributed by atoms with Crippen molar-refractivity contribution in [2.45, 2.75) is 32.7 Å². The van der Waals surface area contributed by atoms with Gasteiger partial charge < -0.3 is 5.32 Å². The van der Waals surface area contributed by atoms with Crippen molar-refractivity contribution < 1.29 is 0 Å². The molecular formula is C7H15N. The third kappa shape index (κ3) is 5.96. The molecule has 0 fully saturated rings. The molecule has 0 saturated heterocycles. The summed E-state index contributed by atoms with van der Waals surface area (Å²) in [7, 11) is 0. The van der Waals surface area contributed by atoms with Gasteiger partial charge in [0.2, 0.25) is 0 Å². The minimum Gasteiger partial charge on any atom is -0.310 e. The van der Waals surface area contributed by atoms with Gasteiger partial charge in [-0.25, -0.2) is 0 Å². The minimum atomic E-state index is 0.571. The molecule has 0 aliphatic carbocycles. The lowest BCUT2D eigenvalue weighted by Gasteiger charge is -2.04. The summed E-state index contributed by atoms with van der Waals surface area (Å²) in [5.41, 5.74) is 0. The van der Waals surface area contributed by atoms with Crippen LogP contribution in [0.5, 0.6) is 0 Å². The molecule has 0 aromatic rings. The Morgan fingerprint density at radius 1 is 1.62 bits per heavy atom. The lowest BCUT2D eigenvalue weighted by Crippen LogP contribution is -2.18. The van der Waals surface area contributed by atoms with Crippen molar-refractivity contribution in [1.29, 1.82) is 0 Å². The van der Waals surface area contributed by atoms with Crippen LogP contribution in [0.25, 0.3) is 0 Å². The van der Waals surface area contributed by atoms with E-state index < -0.39 is 0 Å². The maximum Gasteiger partial charge on any atom is 0.0223 e. The van der Waals surface area contributed by atoms with Crippen molar-refractivity contribution in [3.8, 4) is 0 Å². The Balaban J connectivity index is 2.72. The summed E-state index contributed by atoms with van der Waals surface area (Å²) in [5, 5.41) is 3.18. The zero-order valence-corrected chi connectivity index (χ0v) is 5.78. The first-order valence-electron chi connectivity index (χ1n) is 3.14. The Morgan fingerprint density at radius 2 is 2.25 bits per heavy atom. The van der Waals surface area contributed by atoms with Crippen LogP contribution in [0.4, 0.5) is 0 Å². The monoisotopic (exact) mass is 113 g/mol. The summed E-state index contributed by atoms with van der Waals surface area (Å²) in [6.45, 7) is 10.0. The highest BCUT2D eigenvalue weighted by Crippen LogP contribution is 1.88. The zero-order valence-electron chi connectivity index (χ0n) is 5.78. The maximum absolute atomic E-state index is 3.71. The fraction of sp³-hybridized carbons (Fsp3) is 0.714. The van der Waals surface area contributed by atoms with Crippen LogP contribution < -0.4 is 5.32 Å². The van der Waals surface area contributed by atoms with E-state index in [9.17, 15) is 0 Å². The van der Waals surface area contributed by atoms with Gasteiger partial charge in [0.15, 0.2) is 0 Å². The fourth-order valence-electron chi connectivity index (χ4n) is 0.421. The van der Waals surface area contributed by atoms with E-state index in [0.29, 0.717) is 6.04 Å². The van der Waals surface area contributed by atoms with Crippen molar-refractivity contribution in [3.63, 3.8) is 0 Å². The molecule has 0 spiro atoms. The molecule has 0 heterocycles. The molecule has 0 atom stereocenters. The van der Waals surface area contributed by atoms with Crippen LogP contribution in [0, 0.1) is 13.5 Å². The SMILES string of the molecule is [CH2]CC[CH]NC(C)C. The Morgan fingerprint density at radius 3 is 2.62 bits per heavy atom. The Bertz CT molecular complexity index is 41.7. The topological polar surface area (TPSA) is 12.0 Å². The average molecular weight is 113 g/mol. The van der Waals surface area contributed by atoms with Crippen LogP contribution in [0.15, 0.2) is 0 Å². The second kappa shape index (κ2) is 5.10. The lowest BCUT2D eigenvalue weighted by molar-refractivity contribution is 0.635. The van der Waals surface area contributed by atoms with Gasteiger partial charge in [-0.2, -0.15) is 0 Å². The summed E-state index contributed by atoms with van der Waals surface area (Å²) < 4.78 is 0. The molecule has 1 nitrogen and oxygen atoms in total. The van der Waals surface area contributed by atoms with Gasteiger partial charge in [0, 0.05) is 12.6 Å². The van der Waals surface area contributed by atoms with Crippen LogP contribution in [0.3, 0.4) is 0 Å². The lowest BCUT2D eigenvalue weighted by atomic mass is 10.3. The van der Waals surface area contributed by atoms with E-state index >= 15 is 0 Å². The molecular weight excluding hydrogens is 98.1 g/mol. The predicted octanol–water partition coefficient (Wildman–Crippen LogP) is 1.76. The number of hydrogen-bond donors (Lipinski definition) is 1. The molecule has 0 bridgehead atoms. The standard InChI is InChI=1S/C7H15N/c1-4-5-6-8-7(2)3/h6-8H,1,4-5H2,2-3H3. The highest BCUT2D eigenvalue weighted by molar-refractivity contribution is 4.64. The number of rotatable bonds is 4. The zero-order chi connectivity index (χ0) is 6.41. The van der Waals surface area contributed by atoms with Crippen LogP contribution >= 0.6 is 0 Å². The second-order valence-electron chi connectivity index (χ2n) is 2.17. The Hall–Kier alpha value is -0.0400. The van der Waals surface area contributed by atoms with Gasteiger partial charge in [0.25, 0.3) is 0 Å². The molecule has 0 aliphatic rings. The third-order valence-corrected chi connectivity index (χ3v) is 0.800. The molecule has 8 heavy (non-hydrogen) atoms. The number of unbranched alkanes of at least 4 members (excludes halogenated alkanes) is 1. The van der Waals surface area contributed by atoms with Gasteiger partial charge in [0.05, 0.1) is 0 Å². The molecule has 0 aromatic heterocycles. The van der Waals surface area contributed by atoms with Gasteiger partial charge in [0.1, 0.15) is 0 Å². The van der Waals surface area contributed by atoms with E-state index in [1.807, 2.05) is 0 Å². The van der Waals surface area contributed by atoms with Crippen molar-refractivity contribution in [2.75, 3.05) is 0 Å². The van der Waals surface area contributed by atoms with Crippen LogP contribution in [-0.4, -0.2) is 6.04 Å². The molecule has 0 aliphatic heterocycles. The summed E-state index contributed by atoms with van der Waals surface area (Å²) in [5.74, 6) is 0. The molecule has 0 aromatic carbocycles. The van der Waals surface area contributed by atoms with Crippen molar-refractivity contribution in [1.82, 2.24) is 5.32 Å². The third-order valence-electron chi connectivity index (χ3n) is 0.800. The smallest absolute Gasteiger partial charge is 0.0223 e. The molecule has 1 N–H and O–H groups in total. The van der Waals surface area contributed by atoms with Gasteiger partial charge in [-0.15, -0.1) is 0 Å². The first-order valence-corrected chi connectivity index (χ1v) is 3.14. The van der Waals surface area contributed by atoms with Gasteiger partial charge in [-0.3, -0.25) is 0 Å². The van der Waals surface area contributed by atoms with Crippen LogP contribution in [0.1, 0.15) is 26.7 Å². The van der Waals surface area contributed by atoms with E-state index in [1.54, 1.807) is 0 Å². The molecule has 0 rings (SSSR count). The fourth-order valence-corrected chi connectivity index (χ4v) is 0.421. The first kappa shape index (κ1) is 7.96. The van der Waals surface area contributed by atoms with Gasteiger partial charge in [-0.05, 0) is 6.42 Å². The molecule has 1 heteroatoms. The Kier molecular flexibility index (Phi) is 5.08. The molecule has 48 valence electrons. The quantitative estimate of drug-likeness (QED) is 0.548.